The van der Waals surface area contributed by atoms with Gasteiger partial charge in [-0.1, -0.05) is 65.7 Å². The van der Waals surface area contributed by atoms with E-state index in [1.165, 1.54) is 0 Å². The highest BCUT2D eigenvalue weighted by Crippen LogP contribution is 2.47. The molecular formula is C29H23Cl2NO4. The van der Waals surface area contributed by atoms with Gasteiger partial charge >= 0.3 is 5.97 Å². The largest absolute Gasteiger partial charge is 0.487 e. The molecule has 5 rings (SSSR count). The van der Waals surface area contributed by atoms with Gasteiger partial charge in [-0.15, -0.1) is 0 Å². The van der Waals surface area contributed by atoms with Crippen molar-refractivity contribution in [1.29, 1.82) is 0 Å². The summed E-state index contributed by atoms with van der Waals surface area (Å²) in [7, 11) is 0. The van der Waals surface area contributed by atoms with Crippen LogP contribution in [0.15, 0.2) is 83.6 Å². The standard InChI is InChI=1S/C29H23Cl2NO4/c1-3-35-29(34)24-16(2)32-27-20-6-4-5-7-21(20)28(33)26(27)25(24)18-10-13-23(22(31)14-18)36-15-17-8-11-19(30)12-9-17/h4-14,25,32H,3,15H2,1-2H3/t25-/m0/s1. The van der Waals surface area contributed by atoms with Crippen LogP contribution in [-0.2, 0) is 16.1 Å². The lowest BCUT2D eigenvalue weighted by Crippen LogP contribution is -2.29. The number of hydrogen-bond donors (Lipinski definition) is 1. The highest BCUT2D eigenvalue weighted by Gasteiger charge is 2.43. The topological polar surface area (TPSA) is 64.6 Å². The van der Waals surface area contributed by atoms with Gasteiger partial charge in [0.2, 0.25) is 0 Å². The fraction of sp³-hybridized carbons (Fsp3) is 0.172. The molecule has 5 nitrogen and oxygen atoms in total. The molecule has 1 N–H and O–H groups in total. The molecule has 1 aliphatic carbocycles. The van der Waals surface area contributed by atoms with Gasteiger partial charge in [0.25, 0.3) is 0 Å². The first-order chi connectivity index (χ1) is 17.4. The number of ether oxygens (including phenoxy) is 2. The molecule has 0 fully saturated rings. The first-order valence-corrected chi connectivity index (χ1v) is 12.3. The molecule has 2 aliphatic rings. The second kappa shape index (κ2) is 9.84. The SMILES string of the molecule is CCOC(=O)C1=C(C)NC2=C(C(=O)c3ccccc32)[C@H]1c1ccc(OCc2ccc(Cl)cc2)c(Cl)c1. The monoisotopic (exact) mass is 519 g/mol. The maximum Gasteiger partial charge on any atom is 0.336 e. The van der Waals surface area contributed by atoms with Crippen LogP contribution in [0.4, 0.5) is 0 Å². The molecule has 0 amide bonds. The number of carbonyl (C=O) groups is 2. The van der Waals surface area contributed by atoms with Gasteiger partial charge < -0.3 is 14.8 Å². The summed E-state index contributed by atoms with van der Waals surface area (Å²) in [5.41, 5.74) is 5.33. The van der Waals surface area contributed by atoms with Crippen LogP contribution in [0.25, 0.3) is 5.70 Å². The number of fused-ring (bicyclic) bond motifs is 2. The van der Waals surface area contributed by atoms with Crippen LogP contribution in [0.5, 0.6) is 5.75 Å². The Bertz CT molecular complexity index is 1440. The minimum absolute atomic E-state index is 0.119. The molecule has 3 aromatic carbocycles. The molecule has 0 radical (unpaired) electrons. The zero-order valence-corrected chi connectivity index (χ0v) is 21.2. The summed E-state index contributed by atoms with van der Waals surface area (Å²) < 4.78 is 11.3. The van der Waals surface area contributed by atoms with Crippen molar-refractivity contribution >= 4 is 40.7 Å². The van der Waals surface area contributed by atoms with Crippen molar-refractivity contribution in [3.8, 4) is 5.75 Å². The maximum atomic E-state index is 13.5. The van der Waals surface area contributed by atoms with E-state index in [9.17, 15) is 9.59 Å². The normalized spacial score (nSPS) is 16.4. The molecule has 1 aliphatic heterocycles. The van der Waals surface area contributed by atoms with Crippen molar-refractivity contribution in [3.05, 3.63) is 116 Å². The van der Waals surface area contributed by atoms with E-state index in [-0.39, 0.29) is 12.4 Å². The molecule has 0 bridgehead atoms. The Morgan fingerprint density at radius 3 is 2.42 bits per heavy atom. The summed E-state index contributed by atoms with van der Waals surface area (Å²) in [6.07, 6.45) is 0. The Morgan fingerprint density at radius 2 is 1.72 bits per heavy atom. The van der Waals surface area contributed by atoms with Crippen LogP contribution in [0.1, 0.15) is 46.8 Å². The number of rotatable bonds is 6. The summed E-state index contributed by atoms with van der Waals surface area (Å²) in [5.74, 6) is -0.727. The number of dihydropyridines is 1. The van der Waals surface area contributed by atoms with Gasteiger partial charge in [0.15, 0.2) is 5.78 Å². The van der Waals surface area contributed by atoms with Crippen LogP contribution in [0.3, 0.4) is 0 Å². The molecule has 1 atom stereocenters. The van der Waals surface area contributed by atoms with Crippen molar-refractivity contribution in [3.63, 3.8) is 0 Å². The van der Waals surface area contributed by atoms with Gasteiger partial charge in [-0.2, -0.15) is 0 Å². The van der Waals surface area contributed by atoms with E-state index in [0.29, 0.717) is 56.1 Å². The summed E-state index contributed by atoms with van der Waals surface area (Å²) in [4.78, 5) is 26.6. The fourth-order valence-corrected chi connectivity index (χ4v) is 5.07. The summed E-state index contributed by atoms with van der Waals surface area (Å²) in [6, 6.07) is 20.2. The number of nitrogens with one attached hydrogen (secondary N) is 1. The number of benzene rings is 3. The third kappa shape index (κ3) is 4.29. The number of carbonyl (C=O) groups excluding carboxylic acids is 2. The van der Waals surface area contributed by atoms with Crippen LogP contribution >= 0.6 is 23.2 Å². The number of hydrogen-bond acceptors (Lipinski definition) is 5. The van der Waals surface area contributed by atoms with Crippen molar-refractivity contribution < 1.29 is 19.1 Å². The summed E-state index contributed by atoms with van der Waals surface area (Å²) >= 11 is 12.6. The highest BCUT2D eigenvalue weighted by atomic mass is 35.5. The van der Waals surface area contributed by atoms with Gasteiger partial charge in [0, 0.05) is 33.3 Å². The predicted octanol–water partition coefficient (Wildman–Crippen LogP) is 6.70. The summed E-state index contributed by atoms with van der Waals surface area (Å²) in [5, 5.41) is 4.33. The number of Topliss-reactive ketones (excluding diaryl/α,β-unsaturated/α-hetero) is 1. The van der Waals surface area contributed by atoms with E-state index < -0.39 is 11.9 Å². The molecule has 1 heterocycles. The third-order valence-corrected chi connectivity index (χ3v) is 6.89. The molecule has 0 saturated heterocycles. The summed E-state index contributed by atoms with van der Waals surface area (Å²) in [6.45, 7) is 4.12. The number of ketones is 1. The van der Waals surface area contributed by atoms with Crippen LogP contribution in [0.2, 0.25) is 10.0 Å². The maximum absolute atomic E-state index is 13.5. The molecule has 182 valence electrons. The minimum Gasteiger partial charge on any atom is -0.487 e. The predicted molar refractivity (Wildman–Crippen MR) is 140 cm³/mol. The third-order valence-electron chi connectivity index (χ3n) is 6.34. The number of halogens is 2. The number of allylic oxidation sites excluding steroid dienone is 2. The zero-order valence-electron chi connectivity index (χ0n) is 19.7. The number of esters is 1. The van der Waals surface area contributed by atoms with E-state index in [4.69, 9.17) is 32.7 Å². The molecule has 3 aromatic rings. The average Bonchev–Trinajstić information content (AvgIpc) is 3.15. The first-order valence-electron chi connectivity index (χ1n) is 11.6. The Kier molecular flexibility index (Phi) is 6.61. The lowest BCUT2D eigenvalue weighted by Gasteiger charge is -2.29. The van der Waals surface area contributed by atoms with Gasteiger partial charge in [0.1, 0.15) is 12.4 Å². The zero-order chi connectivity index (χ0) is 25.4. The van der Waals surface area contributed by atoms with Crippen LogP contribution < -0.4 is 10.1 Å². The van der Waals surface area contributed by atoms with Crippen molar-refractivity contribution in [2.24, 2.45) is 0 Å². The van der Waals surface area contributed by atoms with Gasteiger partial charge in [0.05, 0.1) is 22.9 Å². The van der Waals surface area contributed by atoms with E-state index in [1.807, 2.05) is 43.3 Å². The Labute approximate surface area is 219 Å². The highest BCUT2D eigenvalue weighted by molar-refractivity contribution is 6.32. The second-order valence-electron chi connectivity index (χ2n) is 8.59. The molecule has 0 unspecified atom stereocenters. The Hall–Kier alpha value is -3.54. The van der Waals surface area contributed by atoms with Crippen molar-refractivity contribution in [2.75, 3.05) is 6.61 Å². The van der Waals surface area contributed by atoms with E-state index in [2.05, 4.69) is 5.32 Å². The van der Waals surface area contributed by atoms with Crippen molar-refractivity contribution in [2.45, 2.75) is 26.4 Å². The quantitative estimate of drug-likeness (QED) is 0.367. The smallest absolute Gasteiger partial charge is 0.336 e. The van der Waals surface area contributed by atoms with E-state index in [1.54, 1.807) is 37.3 Å². The first kappa shape index (κ1) is 24.2. The van der Waals surface area contributed by atoms with E-state index in [0.717, 1.165) is 11.1 Å². The lowest BCUT2D eigenvalue weighted by molar-refractivity contribution is -0.138. The van der Waals surface area contributed by atoms with Gasteiger partial charge in [-0.25, -0.2) is 4.79 Å². The Morgan fingerprint density at radius 1 is 1.00 bits per heavy atom. The van der Waals surface area contributed by atoms with Crippen LogP contribution in [0, 0.1) is 0 Å². The van der Waals surface area contributed by atoms with Crippen molar-refractivity contribution in [1.82, 2.24) is 5.32 Å². The average molecular weight is 520 g/mol. The van der Waals surface area contributed by atoms with Crippen LogP contribution in [-0.4, -0.2) is 18.4 Å². The Balaban J connectivity index is 1.53. The lowest BCUT2D eigenvalue weighted by atomic mass is 9.80. The minimum atomic E-state index is -0.636. The fourth-order valence-electron chi connectivity index (χ4n) is 4.70. The van der Waals surface area contributed by atoms with Gasteiger partial charge in [-0.05, 0) is 49.2 Å². The molecule has 36 heavy (non-hydrogen) atoms. The molecule has 0 aromatic heterocycles. The van der Waals surface area contributed by atoms with E-state index >= 15 is 0 Å². The van der Waals surface area contributed by atoms with Gasteiger partial charge in [-0.3, -0.25) is 4.79 Å². The molecule has 0 saturated carbocycles. The molecular weight excluding hydrogens is 497 g/mol. The molecule has 0 spiro atoms. The molecule has 7 heteroatoms. The second-order valence-corrected chi connectivity index (χ2v) is 9.43.